The molecule has 0 N–H and O–H groups in total. The number of hydrogen-bond donors (Lipinski definition) is 0. The fourth-order valence-corrected chi connectivity index (χ4v) is 0.303. The first kappa shape index (κ1) is 9.62. The topological polar surface area (TPSA) is 43.4 Å². The third-order valence-corrected chi connectivity index (χ3v) is 0.557. The molecule has 0 atom stereocenters. The molecule has 0 fully saturated rings. The lowest BCUT2D eigenvalue weighted by molar-refractivity contribution is -0.150. The van der Waals surface area contributed by atoms with Crippen LogP contribution in [-0.2, 0) is 14.3 Å². The lowest BCUT2D eigenvalue weighted by atomic mass is 10.4. The molecule has 1 heterocycles. The van der Waals surface area contributed by atoms with E-state index in [-0.39, 0.29) is 0 Å². The van der Waals surface area contributed by atoms with Crippen LogP contribution in [-0.4, -0.2) is 11.9 Å². The Morgan fingerprint density at radius 1 is 1.27 bits per heavy atom. The van der Waals surface area contributed by atoms with Crippen LogP contribution < -0.4 is 0 Å². The summed E-state index contributed by atoms with van der Waals surface area (Å²) in [4.78, 5) is 19.8. The number of carbonyl (C=O) groups excluding carboxylic acids is 2. The van der Waals surface area contributed by atoms with Gasteiger partial charge < -0.3 is 4.74 Å². The largest absolute Gasteiger partial charge is 0.387 e. The van der Waals surface area contributed by atoms with Gasteiger partial charge in [0, 0.05) is 12.2 Å². The van der Waals surface area contributed by atoms with Crippen LogP contribution in [0.5, 0.6) is 0 Å². The van der Waals surface area contributed by atoms with E-state index in [0.717, 1.165) is 12.2 Å². The van der Waals surface area contributed by atoms with Crippen LogP contribution >= 0.6 is 0 Å². The summed E-state index contributed by atoms with van der Waals surface area (Å²) in [5, 5.41) is 0. The van der Waals surface area contributed by atoms with Crippen LogP contribution in [0.25, 0.3) is 0 Å². The van der Waals surface area contributed by atoms with Crippen molar-refractivity contribution in [2.75, 3.05) is 0 Å². The molecule has 60 valence electrons. The number of allylic oxidation sites excluding steroid dienone is 1. The molecule has 0 aromatic rings. The first-order chi connectivity index (χ1) is 5.02. The predicted molar refractivity (Wildman–Crippen MR) is 40.7 cm³/mol. The van der Waals surface area contributed by atoms with Gasteiger partial charge in [-0.05, 0) is 13.8 Å². The van der Waals surface area contributed by atoms with E-state index >= 15 is 0 Å². The van der Waals surface area contributed by atoms with Gasteiger partial charge in [0.2, 0.25) is 0 Å². The molecule has 0 bridgehead atoms. The van der Waals surface area contributed by atoms with E-state index in [9.17, 15) is 9.59 Å². The van der Waals surface area contributed by atoms with Crippen molar-refractivity contribution >= 4 is 11.9 Å². The highest BCUT2D eigenvalue weighted by Crippen LogP contribution is 1.92. The molecule has 0 spiro atoms. The Hall–Kier alpha value is -1.38. The molecule has 11 heavy (non-hydrogen) atoms. The lowest BCUT2D eigenvalue weighted by Crippen LogP contribution is -1.96. The van der Waals surface area contributed by atoms with E-state index in [1.165, 1.54) is 5.57 Å². The molecule has 1 rings (SSSR count). The minimum absolute atomic E-state index is 0.579. The number of rotatable bonds is 0. The third kappa shape index (κ3) is 6.51. The van der Waals surface area contributed by atoms with Gasteiger partial charge in [0.15, 0.2) is 0 Å². The maximum atomic E-state index is 9.92. The normalized spacial score (nSPS) is 13.6. The highest BCUT2D eigenvalue weighted by atomic mass is 16.6. The SMILES string of the molecule is C=C(C)C.O=C1C=CC(=O)O1. The summed E-state index contributed by atoms with van der Waals surface area (Å²) in [7, 11) is 0. The summed E-state index contributed by atoms with van der Waals surface area (Å²) < 4.78 is 3.97. The molecular formula is C8H10O3. The molecule has 1 aliphatic rings. The standard InChI is InChI=1S/C4H2O3.C4H8/c5-3-1-2-4(6)7-3;1-4(2)3/h1-2H;1H2,2-3H3. The van der Waals surface area contributed by atoms with Crippen molar-refractivity contribution in [1.82, 2.24) is 0 Å². The second-order valence-corrected chi connectivity index (χ2v) is 2.28. The molecular weight excluding hydrogens is 144 g/mol. The average molecular weight is 154 g/mol. The van der Waals surface area contributed by atoms with E-state index in [2.05, 4.69) is 11.3 Å². The zero-order valence-electron chi connectivity index (χ0n) is 6.59. The van der Waals surface area contributed by atoms with Crippen LogP contribution in [0.2, 0.25) is 0 Å². The maximum absolute atomic E-state index is 9.92. The van der Waals surface area contributed by atoms with Gasteiger partial charge in [-0.1, -0.05) is 5.57 Å². The van der Waals surface area contributed by atoms with Gasteiger partial charge in [-0.25, -0.2) is 9.59 Å². The highest BCUT2D eigenvalue weighted by Gasteiger charge is 2.10. The Labute approximate surface area is 65.4 Å². The predicted octanol–water partition coefficient (Wildman–Crippen LogP) is 1.21. The Balaban J connectivity index is 0.000000218. The molecule has 3 heteroatoms. The summed E-state index contributed by atoms with van der Waals surface area (Å²) in [6.07, 6.45) is 2.17. The van der Waals surface area contributed by atoms with Crippen molar-refractivity contribution < 1.29 is 14.3 Å². The van der Waals surface area contributed by atoms with E-state index in [1.807, 2.05) is 13.8 Å². The minimum atomic E-state index is -0.579. The second kappa shape index (κ2) is 4.44. The molecule has 0 aliphatic carbocycles. The molecule has 0 radical (unpaired) electrons. The van der Waals surface area contributed by atoms with Gasteiger partial charge >= 0.3 is 11.9 Å². The fourth-order valence-electron chi connectivity index (χ4n) is 0.303. The van der Waals surface area contributed by atoms with Crippen LogP contribution in [0.3, 0.4) is 0 Å². The van der Waals surface area contributed by atoms with Crippen molar-refractivity contribution in [2.24, 2.45) is 0 Å². The van der Waals surface area contributed by atoms with Crippen LogP contribution in [0.15, 0.2) is 24.3 Å². The summed E-state index contributed by atoms with van der Waals surface area (Å²) in [6.45, 7) is 7.50. The summed E-state index contributed by atoms with van der Waals surface area (Å²) in [5.41, 5.74) is 1.17. The molecule has 0 unspecified atom stereocenters. The number of carbonyl (C=O) groups is 2. The Kier molecular flexibility index (Phi) is 3.88. The number of ether oxygens (including phenoxy) is 1. The molecule has 3 nitrogen and oxygen atoms in total. The minimum Gasteiger partial charge on any atom is -0.387 e. The third-order valence-electron chi connectivity index (χ3n) is 0.557. The van der Waals surface area contributed by atoms with Gasteiger partial charge in [0.25, 0.3) is 0 Å². The first-order valence-electron chi connectivity index (χ1n) is 3.08. The van der Waals surface area contributed by atoms with E-state index < -0.39 is 11.9 Å². The zero-order valence-corrected chi connectivity index (χ0v) is 6.59. The van der Waals surface area contributed by atoms with Crippen molar-refractivity contribution in [1.29, 1.82) is 0 Å². The van der Waals surface area contributed by atoms with E-state index in [4.69, 9.17) is 0 Å². The second-order valence-electron chi connectivity index (χ2n) is 2.28. The fraction of sp³-hybridized carbons (Fsp3) is 0.250. The van der Waals surface area contributed by atoms with E-state index in [1.54, 1.807) is 0 Å². The molecule has 0 amide bonds. The monoisotopic (exact) mass is 154 g/mol. The average Bonchev–Trinajstić information content (AvgIpc) is 2.13. The summed E-state index contributed by atoms with van der Waals surface area (Å²) in [5.74, 6) is -1.16. The number of cyclic esters (lactones) is 2. The zero-order chi connectivity index (χ0) is 8.85. The Morgan fingerprint density at radius 2 is 1.55 bits per heavy atom. The summed E-state index contributed by atoms with van der Waals surface area (Å²) >= 11 is 0. The van der Waals surface area contributed by atoms with Crippen molar-refractivity contribution in [3.05, 3.63) is 24.3 Å². The Bertz CT molecular complexity index is 193. The van der Waals surface area contributed by atoms with Crippen LogP contribution in [0.1, 0.15) is 13.8 Å². The van der Waals surface area contributed by atoms with E-state index in [0.29, 0.717) is 0 Å². The molecule has 0 aromatic carbocycles. The van der Waals surface area contributed by atoms with Gasteiger partial charge in [0.05, 0.1) is 0 Å². The maximum Gasteiger partial charge on any atom is 0.338 e. The summed E-state index contributed by atoms with van der Waals surface area (Å²) in [6, 6.07) is 0. The van der Waals surface area contributed by atoms with Crippen molar-refractivity contribution in [3.63, 3.8) is 0 Å². The lowest BCUT2D eigenvalue weighted by Gasteiger charge is -1.80. The highest BCUT2D eigenvalue weighted by molar-refractivity contribution is 6.04. The molecule has 1 aliphatic heterocycles. The molecule has 0 saturated carbocycles. The number of esters is 2. The molecule has 0 aromatic heterocycles. The van der Waals surface area contributed by atoms with Crippen molar-refractivity contribution in [2.45, 2.75) is 13.8 Å². The number of hydrogen-bond acceptors (Lipinski definition) is 3. The van der Waals surface area contributed by atoms with Gasteiger partial charge in [-0.3, -0.25) is 0 Å². The van der Waals surface area contributed by atoms with Crippen LogP contribution in [0.4, 0.5) is 0 Å². The quantitative estimate of drug-likeness (QED) is 0.299. The first-order valence-corrected chi connectivity index (χ1v) is 3.08. The van der Waals surface area contributed by atoms with Crippen molar-refractivity contribution in [3.8, 4) is 0 Å². The smallest absolute Gasteiger partial charge is 0.338 e. The van der Waals surface area contributed by atoms with Crippen LogP contribution in [0, 0.1) is 0 Å². The molecule has 0 saturated heterocycles. The Morgan fingerprint density at radius 3 is 1.64 bits per heavy atom. The van der Waals surface area contributed by atoms with Gasteiger partial charge in [-0.15, -0.1) is 6.58 Å². The van der Waals surface area contributed by atoms with Gasteiger partial charge in [-0.2, -0.15) is 0 Å². The van der Waals surface area contributed by atoms with Gasteiger partial charge in [0.1, 0.15) is 0 Å².